The first-order chi connectivity index (χ1) is 12.6. The maximum atomic E-state index is 13.9. The summed E-state index contributed by atoms with van der Waals surface area (Å²) in [4.78, 5) is 22.5. The van der Waals surface area contributed by atoms with E-state index in [0.717, 1.165) is 18.7 Å². The third kappa shape index (κ3) is 3.16. The van der Waals surface area contributed by atoms with E-state index in [1.807, 2.05) is 17.0 Å². The molecule has 0 spiro atoms. The number of halogens is 1. The molecule has 0 aliphatic carbocycles. The standard InChI is InChI=1S/C19H22FN5O/c1-23-8-6-14-4-5-15(13-17(14)23)22-19(26)25-11-9-24(10-12-25)18-16(20)3-2-7-21-18/h2-5,7,13H,6,8-12H2,1H3,(H,22,26). The number of pyridine rings is 1. The lowest BCUT2D eigenvalue weighted by molar-refractivity contribution is 0.208. The number of carbonyl (C=O) groups excluding carboxylic acids is 1. The number of nitrogens with zero attached hydrogens (tertiary/aromatic N) is 4. The van der Waals surface area contributed by atoms with Gasteiger partial charge in [0.1, 0.15) is 0 Å². The first-order valence-electron chi connectivity index (χ1n) is 8.87. The van der Waals surface area contributed by atoms with Crippen molar-refractivity contribution in [2.45, 2.75) is 6.42 Å². The molecule has 0 radical (unpaired) electrons. The quantitative estimate of drug-likeness (QED) is 0.900. The Hall–Kier alpha value is -2.83. The van der Waals surface area contributed by atoms with Gasteiger partial charge in [0.15, 0.2) is 11.6 Å². The highest BCUT2D eigenvalue weighted by molar-refractivity contribution is 5.90. The van der Waals surface area contributed by atoms with Gasteiger partial charge in [0, 0.05) is 57.3 Å². The van der Waals surface area contributed by atoms with Crippen LogP contribution in [0.1, 0.15) is 5.56 Å². The summed E-state index contributed by atoms with van der Waals surface area (Å²) in [6, 6.07) is 8.93. The van der Waals surface area contributed by atoms with Gasteiger partial charge in [0.05, 0.1) is 0 Å². The molecule has 0 unspecified atom stereocenters. The van der Waals surface area contributed by atoms with E-state index in [4.69, 9.17) is 0 Å². The molecule has 3 heterocycles. The Morgan fingerprint density at radius 3 is 2.73 bits per heavy atom. The summed E-state index contributed by atoms with van der Waals surface area (Å²) in [5, 5.41) is 2.98. The number of rotatable bonds is 2. The van der Waals surface area contributed by atoms with Gasteiger partial charge in [-0.05, 0) is 36.2 Å². The second-order valence-corrected chi connectivity index (χ2v) is 6.73. The van der Waals surface area contributed by atoms with Gasteiger partial charge in [-0.15, -0.1) is 0 Å². The number of anilines is 3. The number of likely N-dealkylation sites (N-methyl/N-ethyl adjacent to an activating group) is 1. The van der Waals surface area contributed by atoms with Crippen molar-refractivity contribution < 1.29 is 9.18 Å². The molecule has 1 saturated heterocycles. The Kier molecular flexibility index (Phi) is 4.36. The fourth-order valence-electron chi connectivity index (χ4n) is 3.55. The third-order valence-electron chi connectivity index (χ3n) is 5.07. The zero-order valence-corrected chi connectivity index (χ0v) is 14.8. The van der Waals surface area contributed by atoms with Gasteiger partial charge in [0.2, 0.25) is 0 Å². The van der Waals surface area contributed by atoms with Crippen molar-refractivity contribution in [2.75, 3.05) is 54.9 Å². The second-order valence-electron chi connectivity index (χ2n) is 6.73. The number of benzene rings is 1. The monoisotopic (exact) mass is 355 g/mol. The van der Waals surface area contributed by atoms with Gasteiger partial charge in [-0.1, -0.05) is 6.07 Å². The number of nitrogens with one attached hydrogen (secondary N) is 1. The maximum absolute atomic E-state index is 13.9. The molecule has 4 rings (SSSR count). The maximum Gasteiger partial charge on any atom is 0.321 e. The highest BCUT2D eigenvalue weighted by atomic mass is 19.1. The molecule has 2 aliphatic heterocycles. The summed E-state index contributed by atoms with van der Waals surface area (Å²) in [7, 11) is 2.06. The first kappa shape index (κ1) is 16.6. The molecule has 1 aromatic heterocycles. The van der Waals surface area contributed by atoms with Crippen LogP contribution in [0.4, 0.5) is 26.4 Å². The molecule has 0 bridgehead atoms. The molecule has 1 fully saturated rings. The van der Waals surface area contributed by atoms with Crippen LogP contribution in [0.2, 0.25) is 0 Å². The molecule has 0 saturated carbocycles. The Bertz CT molecular complexity index is 819. The van der Waals surface area contributed by atoms with Gasteiger partial charge >= 0.3 is 6.03 Å². The van der Waals surface area contributed by atoms with Crippen LogP contribution in [0, 0.1) is 5.82 Å². The van der Waals surface area contributed by atoms with Crippen molar-refractivity contribution in [1.82, 2.24) is 9.88 Å². The fraction of sp³-hybridized carbons (Fsp3) is 0.368. The number of hydrogen-bond donors (Lipinski definition) is 1. The van der Waals surface area contributed by atoms with Crippen molar-refractivity contribution >= 4 is 23.2 Å². The van der Waals surface area contributed by atoms with Crippen LogP contribution in [0.3, 0.4) is 0 Å². The van der Waals surface area contributed by atoms with Gasteiger partial charge in [-0.3, -0.25) is 0 Å². The van der Waals surface area contributed by atoms with Crippen LogP contribution in [-0.4, -0.2) is 55.7 Å². The van der Waals surface area contributed by atoms with E-state index in [2.05, 4.69) is 28.3 Å². The minimum Gasteiger partial charge on any atom is -0.374 e. The molecule has 2 aromatic rings. The Morgan fingerprint density at radius 2 is 1.96 bits per heavy atom. The molecule has 1 N–H and O–H groups in total. The molecule has 26 heavy (non-hydrogen) atoms. The van der Waals surface area contributed by atoms with Crippen LogP contribution in [0.5, 0.6) is 0 Å². The molecular weight excluding hydrogens is 333 g/mol. The van der Waals surface area contributed by atoms with E-state index < -0.39 is 0 Å². The van der Waals surface area contributed by atoms with Gasteiger partial charge in [0.25, 0.3) is 0 Å². The SMILES string of the molecule is CN1CCc2ccc(NC(=O)N3CCN(c4ncccc4F)CC3)cc21. The minimum absolute atomic E-state index is 0.119. The van der Waals surface area contributed by atoms with Crippen molar-refractivity contribution in [1.29, 1.82) is 0 Å². The first-order valence-corrected chi connectivity index (χ1v) is 8.87. The Balaban J connectivity index is 1.37. The summed E-state index contributed by atoms with van der Waals surface area (Å²) in [6.45, 7) is 3.21. The number of urea groups is 1. The van der Waals surface area contributed by atoms with Gasteiger partial charge in [-0.25, -0.2) is 14.2 Å². The molecule has 2 amide bonds. The van der Waals surface area contributed by atoms with Crippen molar-refractivity contribution in [2.24, 2.45) is 0 Å². The zero-order chi connectivity index (χ0) is 18.1. The summed E-state index contributed by atoms with van der Waals surface area (Å²) >= 11 is 0. The van der Waals surface area contributed by atoms with Crippen molar-refractivity contribution in [3.05, 3.63) is 47.9 Å². The number of aromatic nitrogens is 1. The number of amides is 2. The second kappa shape index (κ2) is 6.82. The predicted molar refractivity (Wildman–Crippen MR) is 100 cm³/mol. The van der Waals surface area contributed by atoms with E-state index in [9.17, 15) is 9.18 Å². The van der Waals surface area contributed by atoms with Crippen LogP contribution in [-0.2, 0) is 6.42 Å². The van der Waals surface area contributed by atoms with Crippen LogP contribution in [0.15, 0.2) is 36.5 Å². The number of piperazine rings is 1. The van der Waals surface area contributed by atoms with Crippen LogP contribution >= 0.6 is 0 Å². The topological polar surface area (TPSA) is 51.7 Å². The van der Waals surface area contributed by atoms with Crippen molar-refractivity contribution in [3.63, 3.8) is 0 Å². The van der Waals surface area contributed by atoms with E-state index in [1.165, 1.54) is 17.3 Å². The number of fused-ring (bicyclic) bond motifs is 1. The zero-order valence-electron chi connectivity index (χ0n) is 14.8. The van der Waals surface area contributed by atoms with E-state index in [-0.39, 0.29) is 11.8 Å². The molecule has 7 heteroatoms. The van der Waals surface area contributed by atoms with Gasteiger partial charge < -0.3 is 20.0 Å². The van der Waals surface area contributed by atoms with E-state index in [1.54, 1.807) is 17.2 Å². The number of carbonyl (C=O) groups is 1. The largest absolute Gasteiger partial charge is 0.374 e. The van der Waals surface area contributed by atoms with Crippen molar-refractivity contribution in [3.8, 4) is 0 Å². The lowest BCUT2D eigenvalue weighted by atomic mass is 10.1. The van der Waals surface area contributed by atoms with E-state index >= 15 is 0 Å². The highest BCUT2D eigenvalue weighted by Crippen LogP contribution is 2.29. The van der Waals surface area contributed by atoms with E-state index in [0.29, 0.717) is 32.0 Å². The summed E-state index contributed by atoms with van der Waals surface area (Å²) in [5.41, 5.74) is 3.30. The predicted octanol–water partition coefficient (Wildman–Crippen LogP) is 2.57. The van der Waals surface area contributed by atoms with Gasteiger partial charge in [-0.2, -0.15) is 0 Å². The smallest absolute Gasteiger partial charge is 0.321 e. The average molecular weight is 355 g/mol. The third-order valence-corrected chi connectivity index (χ3v) is 5.07. The van der Waals surface area contributed by atoms with Crippen LogP contribution < -0.4 is 15.1 Å². The lowest BCUT2D eigenvalue weighted by Gasteiger charge is -2.35. The average Bonchev–Trinajstić information content (AvgIpc) is 3.03. The molecule has 1 aromatic carbocycles. The molecule has 136 valence electrons. The summed E-state index contributed by atoms with van der Waals surface area (Å²) < 4.78 is 13.9. The molecule has 2 aliphatic rings. The number of hydrogen-bond acceptors (Lipinski definition) is 4. The van der Waals surface area contributed by atoms with Crippen LogP contribution in [0.25, 0.3) is 0 Å². The molecule has 6 nitrogen and oxygen atoms in total. The Morgan fingerprint density at radius 1 is 1.15 bits per heavy atom. The molecular formula is C19H22FN5O. The lowest BCUT2D eigenvalue weighted by Crippen LogP contribution is -2.50. The summed E-state index contributed by atoms with van der Waals surface area (Å²) in [5.74, 6) is 0.0295. The minimum atomic E-state index is -0.326. The summed E-state index contributed by atoms with van der Waals surface area (Å²) in [6.07, 6.45) is 2.63. The Labute approximate surface area is 152 Å². The molecule has 0 atom stereocenters. The fourth-order valence-corrected chi connectivity index (χ4v) is 3.55. The normalized spacial score (nSPS) is 16.6. The highest BCUT2D eigenvalue weighted by Gasteiger charge is 2.24.